The van der Waals surface area contributed by atoms with Crippen molar-refractivity contribution in [3.05, 3.63) is 52.5 Å². The third kappa shape index (κ3) is 3.36. The van der Waals surface area contributed by atoms with Gasteiger partial charge in [0.2, 0.25) is 0 Å². The van der Waals surface area contributed by atoms with Crippen LogP contribution < -0.4 is 10.2 Å². The summed E-state index contributed by atoms with van der Waals surface area (Å²) in [7, 11) is 1.61. The molecule has 1 aromatic heterocycles. The van der Waals surface area contributed by atoms with Crippen molar-refractivity contribution in [3.8, 4) is 5.75 Å². The zero-order valence-electron chi connectivity index (χ0n) is 13.5. The van der Waals surface area contributed by atoms with Crippen molar-refractivity contribution >= 4 is 11.6 Å². The fourth-order valence-corrected chi connectivity index (χ4v) is 2.22. The molecule has 0 aliphatic carbocycles. The molecule has 0 saturated heterocycles. The van der Waals surface area contributed by atoms with E-state index in [2.05, 4.69) is 10.5 Å². The van der Waals surface area contributed by atoms with Crippen LogP contribution in [0, 0.1) is 20.8 Å². The van der Waals surface area contributed by atoms with Crippen molar-refractivity contribution in [1.82, 2.24) is 5.43 Å². The molecule has 1 amide bonds. The molecule has 2 aromatic rings. The molecule has 0 unspecified atom stereocenters. The number of carbonyl (C=O) groups excluding carboxylic acids is 1. The van der Waals surface area contributed by atoms with Crippen molar-refractivity contribution in [3.63, 3.8) is 0 Å². The van der Waals surface area contributed by atoms with Gasteiger partial charge in [0, 0.05) is 5.56 Å². The maximum atomic E-state index is 12.1. The van der Waals surface area contributed by atoms with Gasteiger partial charge < -0.3 is 9.15 Å². The zero-order valence-corrected chi connectivity index (χ0v) is 13.5. The molecular formula is C17H20N2O3. The molecule has 5 heteroatoms. The van der Waals surface area contributed by atoms with E-state index in [9.17, 15) is 4.79 Å². The lowest BCUT2D eigenvalue weighted by Crippen LogP contribution is -2.19. The molecule has 1 aromatic carbocycles. The van der Waals surface area contributed by atoms with E-state index < -0.39 is 0 Å². The molecular weight excluding hydrogens is 280 g/mol. The van der Waals surface area contributed by atoms with Crippen molar-refractivity contribution in [1.29, 1.82) is 0 Å². The SMILES string of the molecule is COc1ccc(C)cc1/C(C)=N\NC(=O)c1cc(C)oc1C. The topological polar surface area (TPSA) is 63.8 Å². The van der Waals surface area contributed by atoms with Crippen molar-refractivity contribution in [2.45, 2.75) is 27.7 Å². The Bertz CT molecular complexity index is 730. The summed E-state index contributed by atoms with van der Waals surface area (Å²) in [5.41, 5.74) is 5.66. The van der Waals surface area contributed by atoms with Crippen molar-refractivity contribution in [2.75, 3.05) is 7.11 Å². The Morgan fingerprint density at radius 2 is 1.91 bits per heavy atom. The molecule has 0 aliphatic heterocycles. The van der Waals surface area contributed by atoms with Gasteiger partial charge in [-0.1, -0.05) is 11.6 Å². The minimum atomic E-state index is -0.291. The molecule has 1 heterocycles. The van der Waals surface area contributed by atoms with E-state index in [-0.39, 0.29) is 5.91 Å². The molecule has 2 rings (SSSR count). The van der Waals surface area contributed by atoms with Gasteiger partial charge in [-0.05, 0) is 45.9 Å². The van der Waals surface area contributed by atoms with Gasteiger partial charge in [0.1, 0.15) is 17.3 Å². The first-order valence-corrected chi connectivity index (χ1v) is 6.99. The van der Waals surface area contributed by atoms with E-state index >= 15 is 0 Å². The number of furan rings is 1. The first-order chi connectivity index (χ1) is 10.4. The van der Waals surface area contributed by atoms with Gasteiger partial charge in [-0.2, -0.15) is 5.10 Å². The lowest BCUT2D eigenvalue weighted by molar-refractivity contribution is 0.0953. The number of hydrogen-bond acceptors (Lipinski definition) is 4. The van der Waals surface area contributed by atoms with Crippen LogP contribution in [0.15, 0.2) is 33.8 Å². The number of hydrogen-bond donors (Lipinski definition) is 1. The van der Waals surface area contributed by atoms with E-state index in [1.165, 1.54) is 0 Å². The lowest BCUT2D eigenvalue weighted by atomic mass is 10.1. The molecule has 0 atom stereocenters. The highest BCUT2D eigenvalue weighted by Crippen LogP contribution is 2.20. The van der Waals surface area contributed by atoms with Gasteiger partial charge in [0.25, 0.3) is 5.91 Å². The molecule has 0 bridgehead atoms. The summed E-state index contributed by atoms with van der Waals surface area (Å²) < 4.78 is 10.7. The fraction of sp³-hybridized carbons (Fsp3) is 0.294. The predicted molar refractivity (Wildman–Crippen MR) is 85.6 cm³/mol. The highest BCUT2D eigenvalue weighted by atomic mass is 16.5. The molecule has 0 radical (unpaired) electrons. The summed E-state index contributed by atoms with van der Waals surface area (Å²) >= 11 is 0. The van der Waals surface area contributed by atoms with Gasteiger partial charge in [0.05, 0.1) is 18.4 Å². The molecule has 0 fully saturated rings. The number of amides is 1. The predicted octanol–water partition coefficient (Wildman–Crippen LogP) is 3.37. The molecule has 0 spiro atoms. The smallest absolute Gasteiger partial charge is 0.274 e. The van der Waals surface area contributed by atoms with Crippen LogP contribution >= 0.6 is 0 Å². The molecule has 116 valence electrons. The average molecular weight is 300 g/mol. The van der Waals surface area contributed by atoms with Crippen LogP contribution in [0.2, 0.25) is 0 Å². The Balaban J connectivity index is 2.21. The number of carbonyl (C=O) groups is 1. The van der Waals surface area contributed by atoms with Crippen LogP contribution in [0.3, 0.4) is 0 Å². The number of rotatable bonds is 4. The molecule has 22 heavy (non-hydrogen) atoms. The zero-order chi connectivity index (χ0) is 16.3. The third-order valence-electron chi connectivity index (χ3n) is 3.36. The first kappa shape index (κ1) is 15.8. The number of ether oxygens (including phenoxy) is 1. The minimum Gasteiger partial charge on any atom is -0.496 e. The Morgan fingerprint density at radius 1 is 1.18 bits per heavy atom. The molecule has 0 aliphatic rings. The second-order valence-corrected chi connectivity index (χ2v) is 5.17. The van der Waals surface area contributed by atoms with Crippen LogP contribution in [0.25, 0.3) is 0 Å². The molecule has 5 nitrogen and oxygen atoms in total. The minimum absolute atomic E-state index is 0.291. The largest absolute Gasteiger partial charge is 0.496 e. The van der Waals surface area contributed by atoms with E-state index in [0.717, 1.165) is 16.9 Å². The maximum Gasteiger partial charge on any atom is 0.274 e. The standard InChI is InChI=1S/C17H20N2O3/c1-10-6-7-16(21-5)14(8-10)12(3)18-19-17(20)15-9-11(2)22-13(15)4/h6-9H,1-5H3,(H,19,20)/b18-12-. The van der Waals surface area contributed by atoms with Gasteiger partial charge >= 0.3 is 0 Å². The van der Waals surface area contributed by atoms with Crippen molar-refractivity contribution in [2.24, 2.45) is 5.10 Å². The van der Waals surface area contributed by atoms with Gasteiger partial charge in [-0.15, -0.1) is 0 Å². The average Bonchev–Trinajstić information content (AvgIpc) is 2.83. The highest BCUT2D eigenvalue weighted by Gasteiger charge is 2.13. The van der Waals surface area contributed by atoms with Crippen LogP contribution in [0.4, 0.5) is 0 Å². The number of nitrogens with one attached hydrogen (secondary N) is 1. The Morgan fingerprint density at radius 3 is 2.50 bits per heavy atom. The Labute approximate surface area is 130 Å². The number of benzene rings is 1. The van der Waals surface area contributed by atoms with Crippen molar-refractivity contribution < 1.29 is 13.9 Å². The van der Waals surface area contributed by atoms with E-state index in [4.69, 9.17) is 9.15 Å². The summed E-state index contributed by atoms with van der Waals surface area (Å²) in [5, 5.41) is 4.17. The molecule has 1 N–H and O–H groups in total. The van der Waals surface area contributed by atoms with Gasteiger partial charge in [-0.25, -0.2) is 5.43 Å². The van der Waals surface area contributed by atoms with Gasteiger partial charge in [0.15, 0.2) is 0 Å². The maximum absolute atomic E-state index is 12.1. The third-order valence-corrected chi connectivity index (χ3v) is 3.36. The van der Waals surface area contributed by atoms with Gasteiger partial charge in [-0.3, -0.25) is 4.79 Å². The lowest BCUT2D eigenvalue weighted by Gasteiger charge is -2.09. The molecule has 0 saturated carbocycles. The number of aryl methyl sites for hydroxylation is 3. The monoisotopic (exact) mass is 300 g/mol. The number of nitrogens with zero attached hydrogens (tertiary/aromatic N) is 1. The quantitative estimate of drug-likeness (QED) is 0.695. The van der Waals surface area contributed by atoms with E-state index in [1.807, 2.05) is 32.0 Å². The van der Waals surface area contributed by atoms with E-state index in [1.54, 1.807) is 27.0 Å². The van der Waals surface area contributed by atoms with E-state index in [0.29, 0.717) is 22.8 Å². The summed E-state index contributed by atoms with van der Waals surface area (Å²) in [5.74, 6) is 1.71. The normalized spacial score (nSPS) is 11.4. The Kier molecular flexibility index (Phi) is 4.65. The summed E-state index contributed by atoms with van der Waals surface area (Å²) in [6.07, 6.45) is 0. The summed E-state index contributed by atoms with van der Waals surface area (Å²) in [6.45, 7) is 7.37. The number of hydrazone groups is 1. The van der Waals surface area contributed by atoms with Crippen LogP contribution in [-0.2, 0) is 0 Å². The van der Waals surface area contributed by atoms with Crippen LogP contribution in [0.5, 0.6) is 5.75 Å². The second-order valence-electron chi connectivity index (χ2n) is 5.17. The first-order valence-electron chi connectivity index (χ1n) is 6.99. The Hall–Kier alpha value is -2.56. The number of methoxy groups -OCH3 is 1. The van der Waals surface area contributed by atoms with Crippen LogP contribution in [0.1, 0.15) is 39.9 Å². The highest BCUT2D eigenvalue weighted by molar-refractivity contribution is 6.03. The van der Waals surface area contributed by atoms with Crippen LogP contribution in [-0.4, -0.2) is 18.7 Å². The second kappa shape index (κ2) is 6.47. The summed E-state index contributed by atoms with van der Waals surface area (Å²) in [6, 6.07) is 7.51. The summed E-state index contributed by atoms with van der Waals surface area (Å²) in [4.78, 5) is 12.1. The fourth-order valence-electron chi connectivity index (χ4n) is 2.22.